The van der Waals surface area contributed by atoms with Crippen LogP contribution in [0.1, 0.15) is 5.56 Å². The summed E-state index contributed by atoms with van der Waals surface area (Å²) in [5.41, 5.74) is 0.951. The van der Waals surface area contributed by atoms with Crippen molar-refractivity contribution in [1.82, 2.24) is 24.1 Å². The molecule has 170 valence electrons. The van der Waals surface area contributed by atoms with Crippen LogP contribution >= 0.6 is 0 Å². The Bertz CT molecular complexity index is 1530. The summed E-state index contributed by atoms with van der Waals surface area (Å²) >= 11 is 0. The zero-order valence-corrected chi connectivity index (χ0v) is 17.9. The molecule has 0 saturated heterocycles. The fraction of sp³-hybridized carbons (Fsp3) is 0.0833. The molecule has 5 aromatic rings. The molecule has 0 unspecified atom stereocenters. The molecular formula is C24H18F2N6O2. The Hall–Kier alpha value is -4.60. The number of nitrogens with zero attached hydrogens (tertiary/aromatic N) is 5. The van der Waals surface area contributed by atoms with E-state index in [0.29, 0.717) is 22.6 Å². The van der Waals surface area contributed by atoms with Gasteiger partial charge in [0.05, 0.1) is 37.4 Å². The maximum absolute atomic E-state index is 14.4. The summed E-state index contributed by atoms with van der Waals surface area (Å²) in [6, 6.07) is 14.0. The number of halogens is 2. The minimum Gasteiger partial charge on any atom is -0.497 e. The van der Waals surface area contributed by atoms with Gasteiger partial charge in [-0.25, -0.2) is 23.1 Å². The molecule has 0 aliphatic carbocycles. The molecule has 1 N–H and O–H groups in total. The Balaban J connectivity index is 1.71. The third-order valence-corrected chi connectivity index (χ3v) is 5.28. The third kappa shape index (κ3) is 3.85. The lowest BCUT2D eigenvalue weighted by molar-refractivity contribution is 0.414. The van der Waals surface area contributed by atoms with E-state index in [9.17, 15) is 13.6 Å². The zero-order valence-electron chi connectivity index (χ0n) is 17.9. The van der Waals surface area contributed by atoms with E-state index in [0.717, 1.165) is 12.1 Å². The number of benzene rings is 2. The molecule has 0 fully saturated rings. The van der Waals surface area contributed by atoms with E-state index in [1.165, 1.54) is 28.5 Å². The molecule has 34 heavy (non-hydrogen) atoms. The lowest BCUT2D eigenvalue weighted by atomic mass is 10.2. The van der Waals surface area contributed by atoms with Gasteiger partial charge in [-0.15, -0.1) is 0 Å². The molecular weight excluding hydrogens is 442 g/mol. The number of aromatic nitrogens is 5. The number of ether oxygens (including phenoxy) is 1. The largest absolute Gasteiger partial charge is 0.497 e. The number of methoxy groups -OCH3 is 1. The van der Waals surface area contributed by atoms with Crippen LogP contribution in [0.4, 0.5) is 20.4 Å². The van der Waals surface area contributed by atoms with E-state index in [4.69, 9.17) is 4.74 Å². The molecule has 0 saturated carbocycles. The average molecular weight is 460 g/mol. The Labute approximate surface area is 192 Å². The van der Waals surface area contributed by atoms with Crippen molar-refractivity contribution in [2.24, 2.45) is 0 Å². The minimum absolute atomic E-state index is 0.228. The molecule has 3 heterocycles. The minimum atomic E-state index is -0.745. The van der Waals surface area contributed by atoms with Gasteiger partial charge in [-0.3, -0.25) is 9.55 Å². The number of rotatable bonds is 6. The monoisotopic (exact) mass is 460 g/mol. The molecule has 0 aliphatic rings. The van der Waals surface area contributed by atoms with Gasteiger partial charge in [0.2, 0.25) is 5.95 Å². The van der Waals surface area contributed by atoms with Crippen LogP contribution in [-0.4, -0.2) is 31.2 Å². The molecule has 2 aromatic carbocycles. The summed E-state index contributed by atoms with van der Waals surface area (Å²) in [4.78, 5) is 26.4. The number of hydrogen-bond donors (Lipinski definition) is 1. The highest BCUT2D eigenvalue weighted by molar-refractivity contribution is 5.75. The van der Waals surface area contributed by atoms with E-state index < -0.39 is 17.3 Å². The number of fused-ring (bicyclic) bond motifs is 1. The van der Waals surface area contributed by atoms with E-state index in [1.807, 2.05) is 0 Å². The van der Waals surface area contributed by atoms with E-state index >= 15 is 0 Å². The van der Waals surface area contributed by atoms with Gasteiger partial charge in [-0.2, -0.15) is 4.98 Å². The summed E-state index contributed by atoms with van der Waals surface area (Å²) < 4.78 is 36.6. The maximum Gasteiger partial charge on any atom is 0.335 e. The predicted molar refractivity (Wildman–Crippen MR) is 123 cm³/mol. The molecule has 3 aromatic heterocycles. The Morgan fingerprint density at radius 1 is 1.03 bits per heavy atom. The van der Waals surface area contributed by atoms with E-state index in [1.54, 1.807) is 48.8 Å². The second-order valence-corrected chi connectivity index (χ2v) is 7.37. The molecule has 0 bridgehead atoms. The van der Waals surface area contributed by atoms with Crippen LogP contribution in [-0.2, 0) is 6.54 Å². The van der Waals surface area contributed by atoms with Crippen LogP contribution in [0.3, 0.4) is 0 Å². The van der Waals surface area contributed by atoms with Gasteiger partial charge in [0.25, 0.3) is 0 Å². The van der Waals surface area contributed by atoms with Gasteiger partial charge in [-0.05, 0) is 36.4 Å². The van der Waals surface area contributed by atoms with Crippen molar-refractivity contribution in [3.8, 4) is 11.4 Å². The van der Waals surface area contributed by atoms with Crippen molar-refractivity contribution in [2.45, 2.75) is 6.54 Å². The normalized spacial score (nSPS) is 11.0. The highest BCUT2D eigenvalue weighted by Crippen LogP contribution is 2.23. The average Bonchev–Trinajstić information content (AvgIpc) is 3.12. The molecule has 0 spiro atoms. The SMILES string of the molecule is COc1cccc(-n2c(=O)n(Cc3c(F)cccc3F)c3cnc(Nc4cccnc4)nc32)c1. The molecule has 0 amide bonds. The summed E-state index contributed by atoms with van der Waals surface area (Å²) in [6.07, 6.45) is 4.68. The predicted octanol–water partition coefficient (Wildman–Crippen LogP) is 4.06. The second kappa shape index (κ2) is 8.74. The smallest absolute Gasteiger partial charge is 0.335 e. The standard InChI is InChI=1S/C24H18F2N6O2/c1-34-17-7-2-6-16(11-17)32-22-21(13-28-23(30-22)29-15-5-4-10-27-12-15)31(24(32)33)14-18-19(25)8-3-9-20(18)26/h2-13H,14H2,1H3,(H,28,29,30). The fourth-order valence-electron chi connectivity index (χ4n) is 3.64. The number of imidazole rings is 1. The van der Waals surface area contributed by atoms with Crippen LogP contribution in [0.2, 0.25) is 0 Å². The van der Waals surface area contributed by atoms with Crippen molar-refractivity contribution in [3.63, 3.8) is 0 Å². The third-order valence-electron chi connectivity index (χ3n) is 5.28. The zero-order chi connectivity index (χ0) is 23.7. The van der Waals surface area contributed by atoms with Crippen LogP contribution in [0, 0.1) is 11.6 Å². The topological polar surface area (TPSA) is 86.9 Å². The van der Waals surface area contributed by atoms with Crippen molar-refractivity contribution < 1.29 is 13.5 Å². The molecule has 0 radical (unpaired) electrons. The first-order valence-electron chi connectivity index (χ1n) is 10.3. The van der Waals surface area contributed by atoms with Crippen molar-refractivity contribution in [3.05, 3.63) is 101 Å². The van der Waals surface area contributed by atoms with Gasteiger partial charge in [-0.1, -0.05) is 12.1 Å². The van der Waals surface area contributed by atoms with Gasteiger partial charge in [0.1, 0.15) is 22.9 Å². The van der Waals surface area contributed by atoms with E-state index in [-0.39, 0.29) is 23.7 Å². The second-order valence-electron chi connectivity index (χ2n) is 7.37. The first kappa shape index (κ1) is 21.3. The van der Waals surface area contributed by atoms with Crippen molar-refractivity contribution in [1.29, 1.82) is 0 Å². The van der Waals surface area contributed by atoms with Gasteiger partial charge in [0, 0.05) is 17.8 Å². The van der Waals surface area contributed by atoms with Crippen LogP contribution in [0.25, 0.3) is 16.9 Å². The van der Waals surface area contributed by atoms with Crippen LogP contribution in [0.5, 0.6) is 5.75 Å². The first-order valence-corrected chi connectivity index (χ1v) is 10.3. The van der Waals surface area contributed by atoms with Crippen LogP contribution < -0.4 is 15.7 Å². The quantitative estimate of drug-likeness (QED) is 0.411. The maximum atomic E-state index is 14.4. The molecule has 8 nitrogen and oxygen atoms in total. The summed E-state index contributed by atoms with van der Waals surface area (Å²) in [5, 5.41) is 3.04. The summed E-state index contributed by atoms with van der Waals surface area (Å²) in [7, 11) is 1.52. The molecule has 5 rings (SSSR count). The van der Waals surface area contributed by atoms with Crippen molar-refractivity contribution in [2.75, 3.05) is 12.4 Å². The van der Waals surface area contributed by atoms with Gasteiger partial charge >= 0.3 is 5.69 Å². The van der Waals surface area contributed by atoms with Gasteiger partial charge in [0.15, 0.2) is 5.65 Å². The van der Waals surface area contributed by atoms with E-state index in [2.05, 4.69) is 20.3 Å². The first-order chi connectivity index (χ1) is 16.5. The summed E-state index contributed by atoms with van der Waals surface area (Å²) in [6.45, 7) is -0.330. The van der Waals surface area contributed by atoms with Gasteiger partial charge < -0.3 is 10.1 Å². The fourth-order valence-corrected chi connectivity index (χ4v) is 3.64. The highest BCUT2D eigenvalue weighted by atomic mass is 19.1. The Kier molecular flexibility index (Phi) is 5.46. The van der Waals surface area contributed by atoms with Crippen LogP contribution in [0.15, 0.2) is 78.0 Å². The lowest BCUT2D eigenvalue weighted by Gasteiger charge is -2.07. The molecule has 0 aliphatic heterocycles. The Morgan fingerprint density at radius 2 is 1.82 bits per heavy atom. The number of nitrogens with one attached hydrogen (secondary N) is 1. The summed E-state index contributed by atoms with van der Waals surface area (Å²) in [5.74, 6) is -0.727. The number of anilines is 2. The number of pyridine rings is 1. The Morgan fingerprint density at radius 3 is 2.56 bits per heavy atom. The highest BCUT2D eigenvalue weighted by Gasteiger charge is 2.20. The lowest BCUT2D eigenvalue weighted by Crippen LogP contribution is -2.24. The van der Waals surface area contributed by atoms with Crippen molar-refractivity contribution >= 4 is 22.8 Å². The molecule has 10 heteroatoms. The molecule has 0 atom stereocenters. The number of hydrogen-bond acceptors (Lipinski definition) is 6.